The first-order chi connectivity index (χ1) is 9.54. The molecule has 1 atom stereocenters. The number of hydrogen-bond donors (Lipinski definition) is 0. The molecule has 1 heterocycles. The van der Waals surface area contributed by atoms with E-state index in [1.807, 2.05) is 0 Å². The fraction of sp³-hybridized carbons (Fsp3) is 0.294. The monoisotopic (exact) mass is 269 g/mol. The Balaban J connectivity index is 1.97. The molecular weight excluding hydrogens is 248 g/mol. The molecule has 0 saturated carbocycles. The van der Waals surface area contributed by atoms with Gasteiger partial charge in [-0.3, -0.25) is 0 Å². The van der Waals surface area contributed by atoms with Crippen molar-refractivity contribution in [1.82, 2.24) is 4.90 Å². The summed E-state index contributed by atoms with van der Waals surface area (Å²) >= 11 is 0. The highest BCUT2D eigenvalue weighted by Crippen LogP contribution is 2.36. The van der Waals surface area contributed by atoms with Crippen molar-refractivity contribution in [2.45, 2.75) is 6.10 Å². The quantitative estimate of drug-likeness (QED) is 0.769. The lowest BCUT2D eigenvalue weighted by molar-refractivity contribution is 0.0375. The number of benzene rings is 1. The first kappa shape index (κ1) is 12.9. The third-order valence-electron chi connectivity index (χ3n) is 3.76. The summed E-state index contributed by atoms with van der Waals surface area (Å²) in [5.41, 5.74) is 4.87. The maximum atomic E-state index is 4.89. The summed E-state index contributed by atoms with van der Waals surface area (Å²) in [6, 6.07) is 6.44. The molecule has 20 heavy (non-hydrogen) atoms. The van der Waals surface area contributed by atoms with Gasteiger partial charge in [0.25, 0.3) is 5.75 Å². The van der Waals surface area contributed by atoms with Gasteiger partial charge in [-0.2, -0.15) is 0 Å². The van der Waals surface area contributed by atoms with Crippen LogP contribution in [0, 0.1) is 0 Å². The van der Waals surface area contributed by atoms with Crippen LogP contribution in [0.4, 0.5) is 5.69 Å². The first-order valence-corrected chi connectivity index (χ1v) is 6.85. The largest absolute Gasteiger partial charge is 0.574 e. The van der Waals surface area contributed by atoms with Crippen molar-refractivity contribution in [3.05, 3.63) is 53.3 Å². The number of fused-ring (bicyclic) bond motifs is 2. The molecule has 0 fully saturated rings. The molecule has 3 rings (SSSR count). The molecule has 104 valence electrons. The van der Waals surface area contributed by atoms with Gasteiger partial charge in [-0.1, -0.05) is 0 Å². The van der Waals surface area contributed by atoms with E-state index in [0.29, 0.717) is 0 Å². The van der Waals surface area contributed by atoms with E-state index in [2.05, 4.69) is 80.5 Å². The molecule has 1 aliphatic heterocycles. The van der Waals surface area contributed by atoms with Gasteiger partial charge in [0, 0.05) is 51.2 Å². The van der Waals surface area contributed by atoms with Crippen molar-refractivity contribution in [1.29, 1.82) is 0 Å². The topological polar surface area (TPSA) is 19.3 Å². The second-order valence-electron chi connectivity index (χ2n) is 5.68. The van der Waals surface area contributed by atoms with E-state index in [1.54, 1.807) is 0 Å². The maximum absolute atomic E-state index is 4.89. The summed E-state index contributed by atoms with van der Waals surface area (Å²) in [6.07, 6.45) is 8.93. The highest BCUT2D eigenvalue weighted by atomic mass is 16.5. The first-order valence-electron chi connectivity index (χ1n) is 6.85. The Hall–Kier alpha value is -2.16. The lowest BCUT2D eigenvalue weighted by atomic mass is 9.96. The second-order valence-corrected chi connectivity index (χ2v) is 5.68. The fourth-order valence-electron chi connectivity index (χ4n) is 2.51. The Morgan fingerprint density at radius 1 is 1.00 bits per heavy atom. The molecule has 2 aliphatic rings. The Morgan fingerprint density at radius 2 is 1.80 bits per heavy atom. The smallest absolute Gasteiger partial charge is 0.264 e. The van der Waals surface area contributed by atoms with Gasteiger partial charge in [-0.25, -0.2) is 0 Å². The lowest BCUT2D eigenvalue weighted by Gasteiger charge is -2.26. The van der Waals surface area contributed by atoms with Crippen molar-refractivity contribution < 1.29 is 4.74 Å². The van der Waals surface area contributed by atoms with Gasteiger partial charge in [-0.05, 0) is 30.4 Å². The summed E-state index contributed by atoms with van der Waals surface area (Å²) in [7, 11) is 8.23. The second kappa shape index (κ2) is 4.75. The van der Waals surface area contributed by atoms with Crippen LogP contribution in [0.15, 0.2) is 47.7 Å². The Kier molecular flexibility index (Phi) is 3.05. The van der Waals surface area contributed by atoms with Gasteiger partial charge >= 0.3 is 0 Å². The standard InChI is InChI=1S/C17H20N2O/c1-18(2)14-7-5-12-9-13-6-8-15(19(3)4)11-17(13)20-16(12)10-14/h5-11,16H,1-4H3/p+1. The predicted molar refractivity (Wildman–Crippen MR) is 85.1 cm³/mol. The van der Waals surface area contributed by atoms with Crippen molar-refractivity contribution in [3.8, 4) is 5.75 Å². The number of nitrogens with zero attached hydrogens (tertiary/aromatic N) is 2. The summed E-state index contributed by atoms with van der Waals surface area (Å²) in [5.74, 6) is 1.08. The van der Waals surface area contributed by atoms with Crippen LogP contribution in [-0.4, -0.2) is 43.9 Å². The van der Waals surface area contributed by atoms with Crippen LogP contribution in [0.3, 0.4) is 0 Å². The Morgan fingerprint density at radius 3 is 2.50 bits per heavy atom. The number of anilines is 1. The molecule has 0 radical (unpaired) electrons. The molecule has 1 aromatic carbocycles. The third kappa shape index (κ3) is 2.20. The molecule has 1 unspecified atom stereocenters. The van der Waals surface area contributed by atoms with E-state index in [0.717, 1.165) is 5.75 Å². The summed E-state index contributed by atoms with van der Waals surface area (Å²) in [4.78, 5) is 4.23. The number of ether oxygens (including phenoxy) is 1. The lowest BCUT2D eigenvalue weighted by Crippen LogP contribution is -2.23. The molecule has 0 spiro atoms. The summed E-state index contributed by atoms with van der Waals surface area (Å²) in [6.45, 7) is 0. The van der Waals surface area contributed by atoms with Crippen LogP contribution in [0.1, 0.15) is 5.56 Å². The van der Waals surface area contributed by atoms with Crippen LogP contribution in [0.2, 0.25) is 0 Å². The van der Waals surface area contributed by atoms with E-state index in [1.165, 1.54) is 22.5 Å². The summed E-state index contributed by atoms with van der Waals surface area (Å²) in [5, 5.41) is 0. The number of hydrogen-bond acceptors (Lipinski definition) is 2. The number of allylic oxidation sites excluding steroid dienone is 1. The zero-order valence-electron chi connectivity index (χ0n) is 12.5. The van der Waals surface area contributed by atoms with Gasteiger partial charge in [0.05, 0.1) is 11.6 Å². The van der Waals surface area contributed by atoms with E-state index in [-0.39, 0.29) is 6.10 Å². The number of rotatable bonds is 2. The molecule has 0 saturated heterocycles. The fourth-order valence-corrected chi connectivity index (χ4v) is 2.51. The van der Waals surface area contributed by atoms with Crippen molar-refractivity contribution in [2.75, 3.05) is 33.1 Å². The highest BCUT2D eigenvalue weighted by Gasteiger charge is 2.27. The average molecular weight is 269 g/mol. The normalized spacial score (nSPS) is 19.3. The van der Waals surface area contributed by atoms with Gasteiger partial charge < -0.3 is 14.5 Å². The maximum Gasteiger partial charge on any atom is 0.264 e. The SMILES string of the molecule is CN(C)C1=CC2[OH+]c3cc(N(C)C)ccc3C=C2C=C1. The van der Waals surface area contributed by atoms with Crippen molar-refractivity contribution >= 4 is 11.8 Å². The molecule has 1 aliphatic carbocycles. The number of aliphatic hydroxyl groups is 1. The van der Waals surface area contributed by atoms with E-state index < -0.39 is 0 Å². The molecule has 0 amide bonds. The zero-order chi connectivity index (χ0) is 14.3. The molecule has 3 heteroatoms. The minimum atomic E-state index is 0.141. The molecule has 0 aromatic heterocycles. The van der Waals surface area contributed by atoms with E-state index >= 15 is 0 Å². The van der Waals surface area contributed by atoms with Gasteiger partial charge in [0.2, 0.25) is 6.10 Å². The van der Waals surface area contributed by atoms with Crippen LogP contribution >= 0.6 is 0 Å². The number of aromatic hydroxyl groups is 1. The Labute approximate surface area is 120 Å². The minimum absolute atomic E-state index is 0.141. The molecule has 0 bridgehead atoms. The molecule has 3 nitrogen and oxygen atoms in total. The van der Waals surface area contributed by atoms with Gasteiger partial charge in [0.15, 0.2) is 0 Å². The minimum Gasteiger partial charge on any atom is -0.574 e. The van der Waals surface area contributed by atoms with Crippen molar-refractivity contribution in [3.63, 3.8) is 0 Å². The highest BCUT2D eigenvalue weighted by molar-refractivity contribution is 5.70. The van der Waals surface area contributed by atoms with Crippen LogP contribution in [0.25, 0.3) is 6.08 Å². The van der Waals surface area contributed by atoms with Crippen LogP contribution in [0.5, 0.6) is 5.75 Å². The number of likely N-dealkylation sites (N-methyl/N-ethyl adjacent to an activating group) is 1. The Bertz CT molecular complexity index is 624. The van der Waals surface area contributed by atoms with E-state index in [9.17, 15) is 0 Å². The van der Waals surface area contributed by atoms with E-state index in [4.69, 9.17) is 4.74 Å². The third-order valence-corrected chi connectivity index (χ3v) is 3.76. The van der Waals surface area contributed by atoms with Gasteiger partial charge in [0.1, 0.15) is 0 Å². The molecular formula is C17H21N2O+. The van der Waals surface area contributed by atoms with Crippen LogP contribution < -0.4 is 4.90 Å². The molecule has 1 aromatic rings. The average Bonchev–Trinajstić information content (AvgIpc) is 2.43. The summed E-state index contributed by atoms with van der Waals surface area (Å²) < 4.78 is 4.89. The van der Waals surface area contributed by atoms with Crippen LogP contribution in [-0.2, 0) is 0 Å². The zero-order valence-corrected chi connectivity index (χ0v) is 12.5. The molecule has 1 N–H and O–H groups in total. The van der Waals surface area contributed by atoms with Gasteiger partial charge in [-0.15, -0.1) is 0 Å². The predicted octanol–water partition coefficient (Wildman–Crippen LogP) is 2.77. The van der Waals surface area contributed by atoms with Crippen molar-refractivity contribution in [2.24, 2.45) is 0 Å².